The van der Waals surface area contributed by atoms with Crippen molar-refractivity contribution in [1.82, 2.24) is 0 Å². The van der Waals surface area contributed by atoms with Gasteiger partial charge in [-0.1, -0.05) is 18.2 Å². The molecule has 12 heteroatoms. The van der Waals surface area contributed by atoms with Crippen molar-refractivity contribution in [3.8, 4) is 22.6 Å². The first-order valence-corrected chi connectivity index (χ1v) is 12.4. The van der Waals surface area contributed by atoms with E-state index < -0.39 is 56.8 Å². The van der Waals surface area contributed by atoms with Gasteiger partial charge in [-0.2, -0.15) is 13.2 Å². The number of anilines is 1. The standard InChI is InChI=1S/C25H21F4NO6S/c1-35-18-6-2-4-15(10-18)16-11-21(26)24-22(12-16)30(14-19(36-24)8-9-23(31)32)37(33,34)20-7-3-5-17(13-20)25(27,28)29/h2-7,10-13,19H,8-9,14H2,1H3,(H,31,32)/t19-/m0/s1. The lowest BCUT2D eigenvalue weighted by atomic mass is 10.0. The van der Waals surface area contributed by atoms with Crippen molar-refractivity contribution >= 4 is 21.7 Å². The number of fused-ring (bicyclic) bond motifs is 1. The molecule has 0 amide bonds. The zero-order valence-corrected chi connectivity index (χ0v) is 20.1. The van der Waals surface area contributed by atoms with Crippen molar-refractivity contribution in [2.75, 3.05) is 18.0 Å². The molecule has 1 aliphatic rings. The Hall–Kier alpha value is -3.80. The molecule has 0 aromatic heterocycles. The quantitative estimate of drug-likeness (QED) is 0.408. The zero-order valence-electron chi connectivity index (χ0n) is 19.3. The Bertz CT molecular complexity index is 1440. The second-order valence-corrected chi connectivity index (χ2v) is 10.1. The minimum Gasteiger partial charge on any atom is -0.497 e. The predicted octanol–water partition coefficient (Wildman–Crippen LogP) is 5.34. The second kappa shape index (κ2) is 9.92. The maximum Gasteiger partial charge on any atom is 0.416 e. The van der Waals surface area contributed by atoms with E-state index in [4.69, 9.17) is 14.6 Å². The highest BCUT2D eigenvalue weighted by Gasteiger charge is 2.38. The number of rotatable bonds is 7. The van der Waals surface area contributed by atoms with Crippen LogP contribution in [0.5, 0.6) is 11.5 Å². The van der Waals surface area contributed by atoms with Gasteiger partial charge >= 0.3 is 12.1 Å². The van der Waals surface area contributed by atoms with Crippen molar-refractivity contribution in [2.24, 2.45) is 0 Å². The molecule has 0 saturated heterocycles. The summed E-state index contributed by atoms with van der Waals surface area (Å²) in [6.45, 7) is -0.431. The van der Waals surface area contributed by atoms with Crippen LogP contribution < -0.4 is 13.8 Å². The van der Waals surface area contributed by atoms with Crippen LogP contribution in [0, 0.1) is 5.82 Å². The number of hydrogen-bond donors (Lipinski definition) is 1. The molecule has 3 aromatic rings. The SMILES string of the molecule is COc1cccc(-c2cc(F)c3c(c2)N(S(=O)(=O)c2cccc(C(F)(F)F)c2)C[C@H](CCC(=O)O)O3)c1. The maximum atomic E-state index is 15.3. The highest BCUT2D eigenvalue weighted by Crippen LogP contribution is 2.43. The van der Waals surface area contributed by atoms with Gasteiger partial charge in [0.1, 0.15) is 11.9 Å². The minimum atomic E-state index is -4.79. The Labute approximate surface area is 209 Å². The molecule has 0 spiro atoms. The van der Waals surface area contributed by atoms with E-state index in [0.29, 0.717) is 17.4 Å². The number of carbonyl (C=O) groups is 1. The second-order valence-electron chi connectivity index (χ2n) is 8.27. The zero-order chi connectivity index (χ0) is 27.0. The fraction of sp³-hybridized carbons (Fsp3) is 0.240. The summed E-state index contributed by atoms with van der Waals surface area (Å²) in [5.41, 5.74) is -0.625. The van der Waals surface area contributed by atoms with Crippen molar-refractivity contribution in [2.45, 2.75) is 30.0 Å². The van der Waals surface area contributed by atoms with Gasteiger partial charge in [0, 0.05) is 6.42 Å². The normalized spacial score (nSPS) is 15.6. The Kier molecular flexibility index (Phi) is 7.05. The number of hydrogen-bond acceptors (Lipinski definition) is 5. The summed E-state index contributed by atoms with van der Waals surface area (Å²) in [6.07, 6.45) is -6.38. The summed E-state index contributed by atoms with van der Waals surface area (Å²) in [5, 5.41) is 9.03. The first-order valence-electron chi connectivity index (χ1n) is 11.0. The van der Waals surface area contributed by atoms with Gasteiger partial charge in [0.2, 0.25) is 0 Å². The molecule has 0 bridgehead atoms. The molecule has 1 N–H and O–H groups in total. The van der Waals surface area contributed by atoms with Crippen LogP contribution in [0.15, 0.2) is 65.6 Å². The van der Waals surface area contributed by atoms with Gasteiger partial charge in [0.05, 0.1) is 29.8 Å². The minimum absolute atomic E-state index is 0.152. The van der Waals surface area contributed by atoms with Crippen molar-refractivity contribution in [3.63, 3.8) is 0 Å². The number of ether oxygens (including phenoxy) is 2. The molecule has 37 heavy (non-hydrogen) atoms. The fourth-order valence-electron chi connectivity index (χ4n) is 3.96. The maximum absolute atomic E-state index is 15.3. The van der Waals surface area contributed by atoms with Crippen LogP contribution in [0.1, 0.15) is 18.4 Å². The number of sulfonamides is 1. The molecule has 1 heterocycles. The van der Waals surface area contributed by atoms with E-state index in [9.17, 15) is 26.4 Å². The summed E-state index contributed by atoms with van der Waals surface area (Å²) in [5.74, 6) is -2.06. The average molecular weight is 540 g/mol. The predicted molar refractivity (Wildman–Crippen MR) is 126 cm³/mol. The monoisotopic (exact) mass is 539 g/mol. The number of nitrogens with zero attached hydrogens (tertiary/aromatic N) is 1. The van der Waals surface area contributed by atoms with Crippen LogP contribution >= 0.6 is 0 Å². The largest absolute Gasteiger partial charge is 0.497 e. The summed E-state index contributed by atoms with van der Waals surface area (Å²) < 4.78 is 94.0. The summed E-state index contributed by atoms with van der Waals surface area (Å²) in [7, 11) is -3.20. The first-order chi connectivity index (χ1) is 17.4. The molecule has 0 aliphatic carbocycles. The molecule has 0 fully saturated rings. The first kappa shape index (κ1) is 26.3. The van der Waals surface area contributed by atoms with E-state index >= 15 is 4.39 Å². The fourth-order valence-corrected chi connectivity index (χ4v) is 5.50. The number of carboxylic acids is 1. The van der Waals surface area contributed by atoms with Crippen molar-refractivity contribution in [1.29, 1.82) is 0 Å². The number of alkyl halides is 3. The molecule has 1 aliphatic heterocycles. The van der Waals surface area contributed by atoms with Gasteiger partial charge in [0.15, 0.2) is 11.6 Å². The van der Waals surface area contributed by atoms with E-state index in [1.165, 1.54) is 13.2 Å². The van der Waals surface area contributed by atoms with Crippen molar-refractivity contribution < 1.29 is 45.4 Å². The number of carboxylic acid groups (broad SMARTS) is 1. The molecule has 0 radical (unpaired) electrons. The molecule has 7 nitrogen and oxygen atoms in total. The third-order valence-electron chi connectivity index (χ3n) is 5.78. The Morgan fingerprint density at radius 1 is 1.11 bits per heavy atom. The number of methoxy groups -OCH3 is 1. The van der Waals surface area contributed by atoms with Gasteiger partial charge in [-0.15, -0.1) is 0 Å². The van der Waals surface area contributed by atoms with Crippen LogP contribution in [0.25, 0.3) is 11.1 Å². The summed E-state index contributed by atoms with van der Waals surface area (Å²) in [4.78, 5) is 10.4. The average Bonchev–Trinajstić information content (AvgIpc) is 2.86. The molecular weight excluding hydrogens is 518 g/mol. The third kappa shape index (κ3) is 5.48. The van der Waals surface area contributed by atoms with Crippen LogP contribution in [0.4, 0.5) is 23.2 Å². The van der Waals surface area contributed by atoms with Gasteiger partial charge in [-0.25, -0.2) is 12.8 Å². The highest BCUT2D eigenvalue weighted by molar-refractivity contribution is 7.92. The van der Waals surface area contributed by atoms with Gasteiger partial charge in [-0.05, 0) is 60.0 Å². The van der Waals surface area contributed by atoms with Crippen LogP contribution in [-0.2, 0) is 21.0 Å². The molecule has 0 saturated carbocycles. The van der Waals surface area contributed by atoms with Crippen LogP contribution in [0.2, 0.25) is 0 Å². The van der Waals surface area contributed by atoms with Crippen LogP contribution in [0.3, 0.4) is 0 Å². The lowest BCUT2D eigenvalue weighted by Crippen LogP contribution is -2.44. The van der Waals surface area contributed by atoms with Crippen molar-refractivity contribution in [3.05, 3.63) is 72.0 Å². The molecule has 3 aromatic carbocycles. The van der Waals surface area contributed by atoms with E-state index in [2.05, 4.69) is 0 Å². The lowest BCUT2D eigenvalue weighted by Gasteiger charge is -2.36. The summed E-state index contributed by atoms with van der Waals surface area (Å²) in [6, 6.07) is 12.3. The Morgan fingerprint density at radius 3 is 2.51 bits per heavy atom. The number of halogens is 4. The molecular formula is C25H21F4NO6S. The smallest absolute Gasteiger partial charge is 0.416 e. The Morgan fingerprint density at radius 2 is 1.84 bits per heavy atom. The van der Waals surface area contributed by atoms with E-state index in [-0.39, 0.29) is 24.1 Å². The molecule has 4 rings (SSSR count). The van der Waals surface area contributed by atoms with Gasteiger partial charge in [0.25, 0.3) is 10.0 Å². The summed E-state index contributed by atoms with van der Waals surface area (Å²) >= 11 is 0. The molecule has 196 valence electrons. The van der Waals surface area contributed by atoms with E-state index in [0.717, 1.165) is 28.6 Å². The van der Waals surface area contributed by atoms with E-state index in [1.54, 1.807) is 24.3 Å². The number of benzene rings is 3. The topological polar surface area (TPSA) is 93.1 Å². The van der Waals surface area contributed by atoms with Gasteiger partial charge in [-0.3, -0.25) is 9.10 Å². The molecule has 0 unspecified atom stereocenters. The number of aliphatic carboxylic acids is 1. The van der Waals surface area contributed by atoms with E-state index in [1.807, 2.05) is 0 Å². The molecule has 1 atom stereocenters. The highest BCUT2D eigenvalue weighted by atomic mass is 32.2. The van der Waals surface area contributed by atoms with Crippen LogP contribution in [-0.4, -0.2) is 39.3 Å². The van der Waals surface area contributed by atoms with Gasteiger partial charge < -0.3 is 14.6 Å². The Balaban J connectivity index is 1.86. The lowest BCUT2D eigenvalue weighted by molar-refractivity contribution is -0.138. The third-order valence-corrected chi connectivity index (χ3v) is 7.55.